The second kappa shape index (κ2) is 6.65. The second-order valence-corrected chi connectivity index (χ2v) is 7.58. The molecule has 5 rings (SSSR count). The molecule has 3 nitrogen and oxygen atoms in total. The van der Waals surface area contributed by atoms with Gasteiger partial charge in [-0.15, -0.1) is 0 Å². The van der Waals surface area contributed by atoms with Crippen molar-refractivity contribution in [1.29, 1.82) is 0 Å². The molecule has 4 heterocycles. The van der Waals surface area contributed by atoms with Crippen LogP contribution in [0.1, 0.15) is 18.4 Å². The fraction of sp³-hybridized carbons (Fsp3) is 0.304. The van der Waals surface area contributed by atoms with Gasteiger partial charge < -0.3 is 4.90 Å². The van der Waals surface area contributed by atoms with Crippen LogP contribution in [0.4, 0.5) is 0 Å². The summed E-state index contributed by atoms with van der Waals surface area (Å²) in [6.07, 6.45) is 18.0. The van der Waals surface area contributed by atoms with E-state index >= 15 is 0 Å². The Hall–Kier alpha value is -2.52. The minimum Gasteiger partial charge on any atom is -0.332 e. The molecule has 0 N–H and O–H groups in total. The monoisotopic (exact) mass is 343 g/mol. The van der Waals surface area contributed by atoms with Gasteiger partial charge in [-0.05, 0) is 61.7 Å². The van der Waals surface area contributed by atoms with Crippen LogP contribution in [-0.4, -0.2) is 34.3 Å². The van der Waals surface area contributed by atoms with Crippen LogP contribution in [-0.2, 0) is 6.54 Å². The highest BCUT2D eigenvalue weighted by molar-refractivity contribution is 5.48. The Bertz CT molecular complexity index is 820. The second-order valence-electron chi connectivity index (χ2n) is 7.58. The maximum absolute atomic E-state index is 2.60. The van der Waals surface area contributed by atoms with Gasteiger partial charge in [0.1, 0.15) is 5.82 Å². The van der Waals surface area contributed by atoms with E-state index in [1.54, 1.807) is 0 Å². The standard InChI is InChI=1S/C23H25N3/c1-2-6-19(7-3-1)16-24-14-12-20(13-15-24)17-25-18-22-10-4-8-21-9-5-11-23(25)26(21)22/h1-11,18,20H,12-17H2. The predicted molar refractivity (Wildman–Crippen MR) is 106 cm³/mol. The molecule has 132 valence electrons. The molecule has 1 aromatic carbocycles. The molecule has 0 radical (unpaired) electrons. The topological polar surface area (TPSA) is 9.72 Å². The zero-order valence-corrected chi connectivity index (χ0v) is 15.1. The lowest BCUT2D eigenvalue weighted by Crippen LogP contribution is -2.37. The quantitative estimate of drug-likeness (QED) is 0.810. The van der Waals surface area contributed by atoms with E-state index in [-0.39, 0.29) is 0 Å². The molecule has 1 saturated heterocycles. The number of hydrogen-bond acceptors (Lipinski definition) is 3. The third-order valence-electron chi connectivity index (χ3n) is 5.79. The van der Waals surface area contributed by atoms with Crippen LogP contribution in [0.2, 0.25) is 0 Å². The van der Waals surface area contributed by atoms with Gasteiger partial charge in [0.15, 0.2) is 0 Å². The Morgan fingerprint density at radius 2 is 1.65 bits per heavy atom. The number of likely N-dealkylation sites (tertiary alicyclic amines) is 1. The van der Waals surface area contributed by atoms with E-state index in [0.29, 0.717) is 0 Å². The molecule has 0 bridgehead atoms. The van der Waals surface area contributed by atoms with Crippen LogP contribution in [0.15, 0.2) is 90.2 Å². The molecule has 1 aromatic rings. The Morgan fingerprint density at radius 1 is 0.885 bits per heavy atom. The number of hydrogen-bond donors (Lipinski definition) is 0. The average molecular weight is 343 g/mol. The summed E-state index contributed by atoms with van der Waals surface area (Å²) in [7, 11) is 0. The first-order valence-electron chi connectivity index (χ1n) is 9.68. The van der Waals surface area contributed by atoms with Crippen molar-refractivity contribution in [3.63, 3.8) is 0 Å². The summed E-state index contributed by atoms with van der Waals surface area (Å²) in [5.74, 6) is 2.08. The molecule has 0 atom stereocenters. The third kappa shape index (κ3) is 2.93. The molecule has 0 aromatic heterocycles. The van der Waals surface area contributed by atoms with E-state index in [1.807, 2.05) is 0 Å². The molecular weight excluding hydrogens is 318 g/mol. The van der Waals surface area contributed by atoms with Gasteiger partial charge in [0.25, 0.3) is 0 Å². The number of nitrogens with zero attached hydrogens (tertiary/aromatic N) is 3. The van der Waals surface area contributed by atoms with Gasteiger partial charge in [0, 0.05) is 25.0 Å². The molecule has 3 heteroatoms. The van der Waals surface area contributed by atoms with E-state index in [0.717, 1.165) is 19.0 Å². The predicted octanol–water partition coefficient (Wildman–Crippen LogP) is 4.22. The molecular formula is C23H25N3. The van der Waals surface area contributed by atoms with Crippen molar-refractivity contribution < 1.29 is 0 Å². The maximum Gasteiger partial charge on any atom is 0.117 e. The highest BCUT2D eigenvalue weighted by Crippen LogP contribution is 2.37. The normalized spacial score (nSPS) is 22.2. The largest absolute Gasteiger partial charge is 0.332 e. The van der Waals surface area contributed by atoms with Crippen LogP contribution in [0, 0.1) is 5.92 Å². The van der Waals surface area contributed by atoms with E-state index < -0.39 is 0 Å². The van der Waals surface area contributed by atoms with Gasteiger partial charge >= 0.3 is 0 Å². The lowest BCUT2D eigenvalue weighted by Gasteiger charge is -2.35. The van der Waals surface area contributed by atoms with Gasteiger partial charge in [0.2, 0.25) is 0 Å². The van der Waals surface area contributed by atoms with Crippen molar-refractivity contribution in [2.75, 3.05) is 19.6 Å². The molecule has 4 aliphatic heterocycles. The van der Waals surface area contributed by atoms with E-state index in [9.17, 15) is 0 Å². The number of benzene rings is 1. The minimum atomic E-state index is 0.767. The summed E-state index contributed by atoms with van der Waals surface area (Å²) in [6, 6.07) is 10.8. The van der Waals surface area contributed by atoms with Crippen molar-refractivity contribution in [3.05, 3.63) is 95.8 Å². The lowest BCUT2D eigenvalue weighted by atomic mass is 9.96. The Balaban J connectivity index is 1.20. The highest BCUT2D eigenvalue weighted by Gasteiger charge is 2.31. The summed E-state index contributed by atoms with van der Waals surface area (Å²) in [5.41, 5.74) is 3.99. The van der Waals surface area contributed by atoms with E-state index in [2.05, 4.69) is 87.7 Å². The van der Waals surface area contributed by atoms with Crippen LogP contribution in [0.25, 0.3) is 0 Å². The van der Waals surface area contributed by atoms with E-state index in [1.165, 1.54) is 48.7 Å². The average Bonchev–Trinajstić information content (AvgIpc) is 3.04. The molecule has 0 spiro atoms. The molecule has 26 heavy (non-hydrogen) atoms. The molecule has 0 unspecified atom stereocenters. The van der Waals surface area contributed by atoms with E-state index in [4.69, 9.17) is 0 Å². The number of allylic oxidation sites excluding steroid dienone is 6. The SMILES string of the molecule is C1=CC2=CC=CC3=CN(CC4CCN(Cc5ccccc5)CC4)C(=C1)N23. The van der Waals surface area contributed by atoms with Crippen molar-refractivity contribution in [3.8, 4) is 0 Å². The van der Waals surface area contributed by atoms with Crippen LogP contribution < -0.4 is 0 Å². The fourth-order valence-corrected chi connectivity index (χ4v) is 4.39. The van der Waals surface area contributed by atoms with Crippen molar-refractivity contribution in [1.82, 2.24) is 14.7 Å². The first kappa shape index (κ1) is 15.7. The van der Waals surface area contributed by atoms with Gasteiger partial charge in [-0.1, -0.05) is 42.5 Å². The summed E-state index contributed by atoms with van der Waals surface area (Å²) in [4.78, 5) is 7.42. The van der Waals surface area contributed by atoms with Crippen molar-refractivity contribution >= 4 is 0 Å². The molecule has 4 aliphatic rings. The van der Waals surface area contributed by atoms with Crippen LogP contribution in [0.5, 0.6) is 0 Å². The van der Waals surface area contributed by atoms with Crippen LogP contribution in [0.3, 0.4) is 0 Å². The lowest BCUT2D eigenvalue weighted by molar-refractivity contribution is 0.160. The Morgan fingerprint density at radius 3 is 2.50 bits per heavy atom. The first-order valence-corrected chi connectivity index (χ1v) is 9.68. The van der Waals surface area contributed by atoms with Gasteiger partial charge in [-0.3, -0.25) is 9.80 Å². The minimum absolute atomic E-state index is 0.767. The Labute approximate surface area is 155 Å². The smallest absolute Gasteiger partial charge is 0.117 e. The Kier molecular flexibility index (Phi) is 4.02. The highest BCUT2D eigenvalue weighted by atomic mass is 15.4. The zero-order valence-electron chi connectivity index (χ0n) is 15.1. The fourth-order valence-electron chi connectivity index (χ4n) is 4.39. The maximum atomic E-state index is 2.60. The zero-order chi connectivity index (χ0) is 17.3. The van der Waals surface area contributed by atoms with Crippen molar-refractivity contribution in [2.45, 2.75) is 19.4 Å². The van der Waals surface area contributed by atoms with Gasteiger partial charge in [-0.2, -0.15) is 0 Å². The summed E-state index contributed by atoms with van der Waals surface area (Å²) >= 11 is 0. The first-order chi connectivity index (χ1) is 12.9. The summed E-state index contributed by atoms with van der Waals surface area (Å²) in [6.45, 7) is 4.62. The van der Waals surface area contributed by atoms with Gasteiger partial charge in [-0.25, -0.2) is 0 Å². The molecule has 0 aliphatic carbocycles. The van der Waals surface area contributed by atoms with Gasteiger partial charge in [0.05, 0.1) is 5.70 Å². The number of piperidine rings is 1. The third-order valence-corrected chi connectivity index (χ3v) is 5.79. The summed E-state index contributed by atoms with van der Waals surface area (Å²) < 4.78 is 0. The van der Waals surface area contributed by atoms with Crippen molar-refractivity contribution in [2.24, 2.45) is 5.92 Å². The number of rotatable bonds is 4. The summed E-state index contributed by atoms with van der Waals surface area (Å²) in [5, 5.41) is 0. The molecule has 0 amide bonds. The molecule has 0 saturated carbocycles. The van der Waals surface area contributed by atoms with Crippen LogP contribution >= 0.6 is 0 Å². The molecule has 1 fully saturated rings.